The first-order chi connectivity index (χ1) is 17.9. The average Bonchev–Trinajstić information content (AvgIpc) is 2.89. The molecule has 0 atom stereocenters. The number of nitrogens with zero attached hydrogens (tertiary/aromatic N) is 2. The van der Waals surface area contributed by atoms with Gasteiger partial charge in [0.15, 0.2) is 6.61 Å². The first-order valence-corrected chi connectivity index (χ1v) is 13.5. The van der Waals surface area contributed by atoms with E-state index >= 15 is 0 Å². The Morgan fingerprint density at radius 2 is 1.68 bits per heavy atom. The number of carbonyl (C=O) groups is 1. The van der Waals surface area contributed by atoms with Crippen molar-refractivity contribution in [1.82, 2.24) is 4.90 Å². The second kappa shape index (κ2) is 11.1. The third-order valence-corrected chi connectivity index (χ3v) is 7.90. The van der Waals surface area contributed by atoms with E-state index in [9.17, 15) is 26.4 Å². The molecule has 1 saturated heterocycles. The Labute approximate surface area is 223 Å². The van der Waals surface area contributed by atoms with Gasteiger partial charge in [0, 0.05) is 36.9 Å². The van der Waals surface area contributed by atoms with Gasteiger partial charge in [0.1, 0.15) is 5.75 Å². The fourth-order valence-electron chi connectivity index (χ4n) is 3.91. The Morgan fingerprint density at radius 1 is 1.00 bits per heavy atom. The van der Waals surface area contributed by atoms with Crippen LogP contribution < -0.4 is 14.4 Å². The minimum Gasteiger partial charge on any atom is -0.484 e. The number of alkyl halides is 3. The van der Waals surface area contributed by atoms with E-state index in [1.54, 1.807) is 28.0 Å². The van der Waals surface area contributed by atoms with Crippen molar-refractivity contribution in [3.63, 3.8) is 0 Å². The Bertz CT molecular complexity index is 1410. The highest BCUT2D eigenvalue weighted by Crippen LogP contribution is 2.32. The minimum atomic E-state index is -4.42. The lowest BCUT2D eigenvalue weighted by Gasteiger charge is -2.36. The molecule has 12 heteroatoms. The zero-order chi connectivity index (χ0) is 27.5. The SMILES string of the molecule is Cc1ccc(NS(=O)(=O)c2ccc(OCC(=O)N3CCN(c4cccc(C(F)(F)F)c4)CC3)cc2)cc1Cl. The molecule has 0 saturated carbocycles. The number of sulfonamides is 1. The maximum Gasteiger partial charge on any atom is 0.416 e. The van der Waals surface area contributed by atoms with Gasteiger partial charge in [-0.1, -0.05) is 23.7 Å². The highest BCUT2D eigenvalue weighted by atomic mass is 35.5. The van der Waals surface area contributed by atoms with Crippen LogP contribution in [-0.2, 0) is 21.0 Å². The first-order valence-electron chi connectivity index (χ1n) is 11.6. The molecule has 1 N–H and O–H groups in total. The minimum absolute atomic E-state index is 0.0126. The molecule has 202 valence electrons. The van der Waals surface area contributed by atoms with Crippen LogP contribution >= 0.6 is 11.6 Å². The number of benzene rings is 3. The predicted octanol–water partition coefficient (Wildman–Crippen LogP) is 5.20. The summed E-state index contributed by atoms with van der Waals surface area (Å²) in [5.74, 6) is 0.0431. The van der Waals surface area contributed by atoms with Gasteiger partial charge < -0.3 is 14.5 Å². The molecule has 0 unspecified atom stereocenters. The van der Waals surface area contributed by atoms with Gasteiger partial charge in [-0.3, -0.25) is 9.52 Å². The summed E-state index contributed by atoms with van der Waals surface area (Å²) in [6.45, 7) is 3.01. The van der Waals surface area contributed by atoms with E-state index in [1.807, 2.05) is 6.92 Å². The van der Waals surface area contributed by atoms with Crippen molar-refractivity contribution in [3.8, 4) is 5.75 Å². The number of anilines is 2. The number of hydrogen-bond acceptors (Lipinski definition) is 5. The summed E-state index contributed by atoms with van der Waals surface area (Å²) >= 11 is 6.06. The summed E-state index contributed by atoms with van der Waals surface area (Å²) in [7, 11) is -3.85. The molecule has 38 heavy (non-hydrogen) atoms. The lowest BCUT2D eigenvalue weighted by molar-refractivity contribution is -0.137. The van der Waals surface area contributed by atoms with Crippen molar-refractivity contribution < 1.29 is 31.1 Å². The predicted molar refractivity (Wildman–Crippen MR) is 139 cm³/mol. The zero-order valence-corrected chi connectivity index (χ0v) is 21.9. The molecule has 1 heterocycles. The lowest BCUT2D eigenvalue weighted by atomic mass is 10.1. The van der Waals surface area contributed by atoms with Crippen LogP contribution in [0.5, 0.6) is 5.75 Å². The van der Waals surface area contributed by atoms with Crippen LogP contribution in [0.4, 0.5) is 24.5 Å². The fourth-order valence-corrected chi connectivity index (χ4v) is 5.14. The highest BCUT2D eigenvalue weighted by molar-refractivity contribution is 7.92. The van der Waals surface area contributed by atoms with Gasteiger partial charge in [-0.15, -0.1) is 0 Å². The largest absolute Gasteiger partial charge is 0.484 e. The molecule has 3 aromatic carbocycles. The zero-order valence-electron chi connectivity index (χ0n) is 20.3. The topological polar surface area (TPSA) is 78.9 Å². The van der Waals surface area contributed by atoms with Crippen molar-refractivity contribution in [3.05, 3.63) is 82.9 Å². The average molecular weight is 568 g/mol. The standard InChI is InChI=1S/C26H25ClF3N3O4S/c1-18-5-6-20(16-24(18)27)31-38(35,36)23-9-7-22(8-10-23)37-17-25(34)33-13-11-32(12-14-33)21-4-2-3-19(15-21)26(28,29)30/h2-10,15-16,31H,11-14,17H2,1H3. The van der Waals surface area contributed by atoms with Gasteiger partial charge in [0.25, 0.3) is 15.9 Å². The smallest absolute Gasteiger partial charge is 0.416 e. The number of rotatable bonds is 7. The van der Waals surface area contributed by atoms with Gasteiger partial charge in [-0.2, -0.15) is 13.2 Å². The van der Waals surface area contributed by atoms with Crippen LogP contribution in [0.15, 0.2) is 71.6 Å². The van der Waals surface area contributed by atoms with E-state index in [4.69, 9.17) is 16.3 Å². The molecule has 0 aromatic heterocycles. The number of hydrogen-bond donors (Lipinski definition) is 1. The normalized spacial score (nSPS) is 14.3. The van der Waals surface area contributed by atoms with Crippen molar-refractivity contribution in [2.24, 2.45) is 0 Å². The number of piperazine rings is 1. The Hall–Kier alpha value is -3.44. The monoisotopic (exact) mass is 567 g/mol. The number of ether oxygens (including phenoxy) is 1. The van der Waals surface area contributed by atoms with E-state index in [1.165, 1.54) is 36.4 Å². The van der Waals surface area contributed by atoms with Crippen molar-refractivity contribution in [2.45, 2.75) is 18.0 Å². The first kappa shape index (κ1) is 27.6. The van der Waals surface area contributed by atoms with E-state index < -0.39 is 21.8 Å². The van der Waals surface area contributed by atoms with E-state index in [2.05, 4.69) is 4.72 Å². The Balaban J connectivity index is 1.28. The molecular weight excluding hydrogens is 543 g/mol. The fraction of sp³-hybridized carbons (Fsp3) is 0.269. The number of halogens is 4. The van der Waals surface area contributed by atoms with E-state index in [0.717, 1.165) is 17.7 Å². The molecule has 0 aliphatic carbocycles. The molecule has 1 aliphatic rings. The molecule has 1 amide bonds. The second-order valence-electron chi connectivity index (χ2n) is 8.75. The molecule has 0 radical (unpaired) electrons. The molecular formula is C26H25ClF3N3O4S. The van der Waals surface area contributed by atoms with Crippen LogP contribution in [0, 0.1) is 6.92 Å². The van der Waals surface area contributed by atoms with Crippen LogP contribution in [0.2, 0.25) is 5.02 Å². The van der Waals surface area contributed by atoms with Crippen LogP contribution in [0.3, 0.4) is 0 Å². The molecule has 3 aromatic rings. The summed E-state index contributed by atoms with van der Waals surface area (Å²) in [4.78, 5) is 16.0. The quantitative estimate of drug-likeness (QED) is 0.425. The third-order valence-electron chi connectivity index (χ3n) is 6.09. The molecule has 0 bridgehead atoms. The maximum absolute atomic E-state index is 13.0. The number of carbonyl (C=O) groups excluding carboxylic acids is 1. The molecule has 7 nitrogen and oxygen atoms in total. The third kappa shape index (κ3) is 6.70. The molecule has 4 rings (SSSR count). The van der Waals surface area contributed by atoms with Crippen molar-refractivity contribution in [1.29, 1.82) is 0 Å². The summed E-state index contributed by atoms with van der Waals surface area (Å²) in [6.07, 6.45) is -4.42. The van der Waals surface area contributed by atoms with Crippen LogP contribution in [-0.4, -0.2) is 52.0 Å². The van der Waals surface area contributed by atoms with Crippen LogP contribution in [0.25, 0.3) is 0 Å². The summed E-state index contributed by atoms with van der Waals surface area (Å²) in [5, 5.41) is 0.440. The molecule has 1 aliphatic heterocycles. The van der Waals surface area contributed by atoms with Gasteiger partial charge in [-0.05, 0) is 67.1 Å². The van der Waals surface area contributed by atoms with Gasteiger partial charge >= 0.3 is 6.18 Å². The van der Waals surface area contributed by atoms with Gasteiger partial charge in [0.2, 0.25) is 0 Å². The van der Waals surface area contributed by atoms with Crippen molar-refractivity contribution in [2.75, 3.05) is 42.4 Å². The highest BCUT2D eigenvalue weighted by Gasteiger charge is 2.31. The summed E-state index contributed by atoms with van der Waals surface area (Å²) in [6, 6.07) is 15.6. The van der Waals surface area contributed by atoms with Gasteiger partial charge in [0.05, 0.1) is 16.1 Å². The Kier molecular flexibility index (Phi) is 8.08. The Morgan fingerprint density at radius 3 is 2.32 bits per heavy atom. The maximum atomic E-state index is 13.0. The number of amides is 1. The number of nitrogens with one attached hydrogen (secondary N) is 1. The van der Waals surface area contributed by atoms with Gasteiger partial charge in [-0.25, -0.2) is 8.42 Å². The van der Waals surface area contributed by atoms with E-state index in [0.29, 0.717) is 48.3 Å². The number of aryl methyl sites for hydroxylation is 1. The molecule has 0 spiro atoms. The summed E-state index contributed by atoms with van der Waals surface area (Å²) < 4.78 is 72.3. The van der Waals surface area contributed by atoms with Crippen molar-refractivity contribution >= 4 is 38.9 Å². The van der Waals surface area contributed by atoms with Crippen LogP contribution in [0.1, 0.15) is 11.1 Å². The molecule has 1 fully saturated rings. The lowest BCUT2D eigenvalue weighted by Crippen LogP contribution is -2.50. The second-order valence-corrected chi connectivity index (χ2v) is 10.8. The van der Waals surface area contributed by atoms with E-state index in [-0.39, 0.29) is 17.4 Å². The summed E-state index contributed by atoms with van der Waals surface area (Å²) in [5.41, 5.74) is 0.900.